The van der Waals surface area contributed by atoms with Crippen LogP contribution in [0.4, 0.5) is 5.82 Å². The fourth-order valence-corrected chi connectivity index (χ4v) is 2.17. The molecule has 0 bridgehead atoms. The summed E-state index contributed by atoms with van der Waals surface area (Å²) in [5.74, 6) is 1.52. The van der Waals surface area contributed by atoms with Crippen molar-refractivity contribution >= 4 is 17.4 Å². The SMILES string of the molecule is CNc1cc(-c2cc(Cl)c(OC)cc2C)n(C)n1. The molecule has 96 valence electrons. The molecule has 18 heavy (non-hydrogen) atoms. The van der Waals surface area contributed by atoms with Crippen molar-refractivity contribution in [3.05, 3.63) is 28.8 Å². The topological polar surface area (TPSA) is 39.1 Å². The Hall–Kier alpha value is -1.68. The van der Waals surface area contributed by atoms with Crippen LogP contribution in [0, 0.1) is 6.92 Å². The van der Waals surface area contributed by atoms with Crippen LogP contribution in [-0.4, -0.2) is 23.9 Å². The molecule has 0 fully saturated rings. The van der Waals surface area contributed by atoms with Crippen molar-refractivity contribution in [1.29, 1.82) is 0 Å². The molecule has 4 nitrogen and oxygen atoms in total. The summed E-state index contributed by atoms with van der Waals surface area (Å²) in [6.07, 6.45) is 0. The molecule has 0 aliphatic rings. The Morgan fingerprint density at radius 2 is 2.06 bits per heavy atom. The third-order valence-corrected chi connectivity index (χ3v) is 3.21. The van der Waals surface area contributed by atoms with Crippen LogP contribution in [0.25, 0.3) is 11.3 Å². The maximum absolute atomic E-state index is 6.17. The monoisotopic (exact) mass is 265 g/mol. The molecule has 0 unspecified atom stereocenters. The molecule has 1 N–H and O–H groups in total. The van der Waals surface area contributed by atoms with Crippen molar-refractivity contribution in [3.8, 4) is 17.0 Å². The number of nitrogens with zero attached hydrogens (tertiary/aromatic N) is 2. The molecule has 0 atom stereocenters. The molecule has 0 aliphatic carbocycles. The molecule has 0 spiro atoms. The zero-order valence-electron chi connectivity index (χ0n) is 10.9. The van der Waals surface area contributed by atoms with Crippen molar-refractivity contribution in [2.45, 2.75) is 6.92 Å². The molecule has 1 aromatic heterocycles. The van der Waals surface area contributed by atoms with Crippen LogP contribution in [0.5, 0.6) is 5.75 Å². The highest BCUT2D eigenvalue weighted by Gasteiger charge is 2.12. The standard InChI is InChI=1S/C13H16ClN3O/c1-8-5-12(18-4)10(14)6-9(8)11-7-13(15-2)16-17(11)3/h5-7H,1-4H3,(H,15,16). The van der Waals surface area contributed by atoms with Crippen molar-refractivity contribution in [3.63, 3.8) is 0 Å². The van der Waals surface area contributed by atoms with E-state index in [1.165, 1.54) is 0 Å². The minimum atomic E-state index is 0.602. The van der Waals surface area contributed by atoms with E-state index in [9.17, 15) is 0 Å². The minimum Gasteiger partial charge on any atom is -0.495 e. The minimum absolute atomic E-state index is 0.602. The summed E-state index contributed by atoms with van der Waals surface area (Å²) >= 11 is 6.17. The second-order valence-corrected chi connectivity index (χ2v) is 4.50. The third kappa shape index (κ3) is 2.16. The number of nitrogens with one attached hydrogen (secondary N) is 1. The number of rotatable bonds is 3. The van der Waals surface area contributed by atoms with E-state index in [-0.39, 0.29) is 0 Å². The molecule has 1 heterocycles. The van der Waals surface area contributed by atoms with Gasteiger partial charge in [-0.3, -0.25) is 4.68 Å². The fourth-order valence-electron chi connectivity index (χ4n) is 1.93. The first-order chi connectivity index (χ1) is 8.56. The van der Waals surface area contributed by atoms with Gasteiger partial charge in [0.05, 0.1) is 17.8 Å². The molecule has 2 rings (SSSR count). The van der Waals surface area contributed by atoms with Gasteiger partial charge in [-0.05, 0) is 24.6 Å². The van der Waals surface area contributed by atoms with Gasteiger partial charge in [-0.1, -0.05) is 11.6 Å². The van der Waals surface area contributed by atoms with Crippen molar-refractivity contribution < 1.29 is 4.74 Å². The van der Waals surface area contributed by atoms with Crippen molar-refractivity contribution in [1.82, 2.24) is 9.78 Å². The van der Waals surface area contributed by atoms with Crippen molar-refractivity contribution in [2.24, 2.45) is 7.05 Å². The van der Waals surface area contributed by atoms with E-state index in [1.807, 2.05) is 43.9 Å². The van der Waals surface area contributed by atoms with Crippen LogP contribution in [0.2, 0.25) is 5.02 Å². The van der Waals surface area contributed by atoms with Gasteiger partial charge in [-0.2, -0.15) is 5.10 Å². The number of ether oxygens (including phenoxy) is 1. The lowest BCUT2D eigenvalue weighted by molar-refractivity contribution is 0.415. The van der Waals surface area contributed by atoms with Gasteiger partial charge in [0.15, 0.2) is 0 Å². The van der Waals surface area contributed by atoms with Crippen LogP contribution in [0.15, 0.2) is 18.2 Å². The Morgan fingerprint density at radius 1 is 1.33 bits per heavy atom. The van der Waals surface area contributed by atoms with Crippen LogP contribution in [0.1, 0.15) is 5.56 Å². The predicted molar refractivity (Wildman–Crippen MR) is 74.5 cm³/mol. The van der Waals surface area contributed by atoms with E-state index in [2.05, 4.69) is 10.4 Å². The Kier molecular flexibility index (Phi) is 3.48. The van der Waals surface area contributed by atoms with E-state index in [0.717, 1.165) is 22.6 Å². The number of aryl methyl sites for hydroxylation is 2. The first-order valence-electron chi connectivity index (χ1n) is 5.63. The van der Waals surface area contributed by atoms with E-state index < -0.39 is 0 Å². The molecular formula is C13H16ClN3O. The Morgan fingerprint density at radius 3 is 2.61 bits per heavy atom. The highest BCUT2D eigenvalue weighted by Crippen LogP contribution is 2.33. The Labute approximate surface area is 112 Å². The zero-order valence-corrected chi connectivity index (χ0v) is 11.7. The van der Waals surface area contributed by atoms with Crippen molar-refractivity contribution in [2.75, 3.05) is 19.5 Å². The van der Waals surface area contributed by atoms with E-state index in [1.54, 1.807) is 7.11 Å². The second-order valence-electron chi connectivity index (χ2n) is 4.09. The molecule has 5 heteroatoms. The van der Waals surface area contributed by atoms with Gasteiger partial charge in [0, 0.05) is 25.7 Å². The quantitative estimate of drug-likeness (QED) is 0.927. The van der Waals surface area contributed by atoms with Crippen LogP contribution in [0.3, 0.4) is 0 Å². The molecule has 0 saturated heterocycles. The number of hydrogen-bond donors (Lipinski definition) is 1. The Balaban J connectivity index is 2.56. The maximum atomic E-state index is 6.17. The van der Waals surface area contributed by atoms with Gasteiger partial charge >= 0.3 is 0 Å². The van der Waals surface area contributed by atoms with E-state index >= 15 is 0 Å². The maximum Gasteiger partial charge on any atom is 0.148 e. The van der Waals surface area contributed by atoms with Gasteiger partial charge in [0.1, 0.15) is 11.6 Å². The summed E-state index contributed by atoms with van der Waals surface area (Å²) in [5, 5.41) is 7.98. The van der Waals surface area contributed by atoms with Gasteiger partial charge in [-0.15, -0.1) is 0 Å². The Bertz CT molecular complexity index is 578. The summed E-state index contributed by atoms with van der Waals surface area (Å²) in [6, 6.07) is 5.83. The summed E-state index contributed by atoms with van der Waals surface area (Å²) < 4.78 is 7.04. The number of methoxy groups -OCH3 is 1. The molecular weight excluding hydrogens is 250 g/mol. The highest BCUT2D eigenvalue weighted by atomic mass is 35.5. The first kappa shape index (κ1) is 12.8. The van der Waals surface area contributed by atoms with E-state index in [4.69, 9.17) is 16.3 Å². The van der Waals surface area contributed by atoms with Gasteiger partial charge in [-0.25, -0.2) is 0 Å². The molecule has 2 aromatic rings. The average Bonchev–Trinajstić information content (AvgIpc) is 2.73. The average molecular weight is 266 g/mol. The highest BCUT2D eigenvalue weighted by molar-refractivity contribution is 6.32. The number of benzene rings is 1. The number of aromatic nitrogens is 2. The van der Waals surface area contributed by atoms with E-state index in [0.29, 0.717) is 10.8 Å². The smallest absolute Gasteiger partial charge is 0.148 e. The van der Waals surface area contributed by atoms with Crippen LogP contribution >= 0.6 is 11.6 Å². The summed E-state index contributed by atoms with van der Waals surface area (Å²) in [5.41, 5.74) is 3.17. The predicted octanol–water partition coefficient (Wildman–Crippen LogP) is 3.10. The number of anilines is 1. The third-order valence-electron chi connectivity index (χ3n) is 2.91. The fraction of sp³-hybridized carbons (Fsp3) is 0.308. The largest absolute Gasteiger partial charge is 0.495 e. The number of hydrogen-bond acceptors (Lipinski definition) is 3. The molecule has 0 amide bonds. The first-order valence-corrected chi connectivity index (χ1v) is 6.01. The van der Waals surface area contributed by atoms with Crippen LogP contribution in [-0.2, 0) is 7.05 Å². The lowest BCUT2D eigenvalue weighted by Gasteiger charge is -2.10. The van der Waals surface area contributed by atoms with Crippen LogP contribution < -0.4 is 10.1 Å². The van der Waals surface area contributed by atoms with Gasteiger partial charge < -0.3 is 10.1 Å². The lowest BCUT2D eigenvalue weighted by atomic mass is 10.1. The molecule has 0 aliphatic heterocycles. The molecule has 1 aromatic carbocycles. The van der Waals surface area contributed by atoms with Gasteiger partial charge in [0.25, 0.3) is 0 Å². The zero-order chi connectivity index (χ0) is 13.3. The molecule has 0 saturated carbocycles. The summed E-state index contributed by atoms with van der Waals surface area (Å²) in [7, 11) is 5.37. The normalized spacial score (nSPS) is 10.5. The lowest BCUT2D eigenvalue weighted by Crippen LogP contribution is -1.97. The molecule has 0 radical (unpaired) electrons. The number of halogens is 1. The van der Waals surface area contributed by atoms with Gasteiger partial charge in [0.2, 0.25) is 0 Å². The summed E-state index contributed by atoms with van der Waals surface area (Å²) in [6.45, 7) is 2.03. The summed E-state index contributed by atoms with van der Waals surface area (Å²) in [4.78, 5) is 0. The second kappa shape index (κ2) is 4.90.